The Bertz CT molecular complexity index is 572. The smallest absolute Gasteiger partial charge is 0.155 e. The molecular formula is C15H22N4O. The van der Waals surface area contributed by atoms with Gasteiger partial charge in [-0.2, -0.15) is 5.10 Å². The maximum Gasteiger partial charge on any atom is 0.155 e. The molecule has 0 N–H and O–H groups in total. The topological polar surface area (TPSA) is 42.7 Å². The summed E-state index contributed by atoms with van der Waals surface area (Å²) in [6, 6.07) is 4.13. The van der Waals surface area contributed by atoms with E-state index in [0.29, 0.717) is 5.92 Å². The highest BCUT2D eigenvalue weighted by Crippen LogP contribution is 2.25. The van der Waals surface area contributed by atoms with Crippen molar-refractivity contribution in [1.29, 1.82) is 0 Å². The average molecular weight is 274 g/mol. The molecule has 1 aliphatic rings. The third-order valence-corrected chi connectivity index (χ3v) is 4.06. The highest BCUT2D eigenvalue weighted by atomic mass is 16.5. The van der Waals surface area contributed by atoms with E-state index in [0.717, 1.165) is 50.6 Å². The van der Waals surface area contributed by atoms with Crippen LogP contribution >= 0.6 is 0 Å². The Hall–Kier alpha value is -1.46. The van der Waals surface area contributed by atoms with E-state index in [9.17, 15) is 0 Å². The SMILES string of the molecule is COCCN1CCC(c2nc3ccc(C)cn3n2)CC1. The number of hydrogen-bond acceptors (Lipinski definition) is 4. The van der Waals surface area contributed by atoms with Gasteiger partial charge in [0.05, 0.1) is 6.61 Å². The third kappa shape index (κ3) is 2.83. The predicted octanol–water partition coefficient (Wildman–Crippen LogP) is 1.86. The number of ether oxygens (including phenoxy) is 1. The van der Waals surface area contributed by atoms with Gasteiger partial charge in [-0.1, -0.05) is 6.07 Å². The quantitative estimate of drug-likeness (QED) is 0.853. The molecular weight excluding hydrogens is 252 g/mol. The molecule has 1 fully saturated rings. The number of fused-ring (bicyclic) bond motifs is 1. The van der Waals surface area contributed by atoms with Crippen molar-refractivity contribution < 1.29 is 4.74 Å². The number of nitrogens with zero attached hydrogens (tertiary/aromatic N) is 4. The molecule has 0 spiro atoms. The Kier molecular flexibility index (Phi) is 3.98. The first kappa shape index (κ1) is 13.5. The highest BCUT2D eigenvalue weighted by molar-refractivity contribution is 5.38. The number of pyridine rings is 1. The van der Waals surface area contributed by atoms with E-state index in [1.165, 1.54) is 5.56 Å². The number of aryl methyl sites for hydroxylation is 1. The predicted molar refractivity (Wildman–Crippen MR) is 78.0 cm³/mol. The summed E-state index contributed by atoms with van der Waals surface area (Å²) in [7, 11) is 1.76. The van der Waals surface area contributed by atoms with Gasteiger partial charge in [-0.3, -0.25) is 0 Å². The first-order chi connectivity index (χ1) is 9.76. The monoisotopic (exact) mass is 274 g/mol. The molecule has 0 aliphatic carbocycles. The summed E-state index contributed by atoms with van der Waals surface area (Å²) in [5, 5.41) is 4.65. The number of methoxy groups -OCH3 is 1. The van der Waals surface area contributed by atoms with Crippen LogP contribution in [0.25, 0.3) is 5.65 Å². The lowest BCUT2D eigenvalue weighted by Crippen LogP contribution is -2.35. The summed E-state index contributed by atoms with van der Waals surface area (Å²) >= 11 is 0. The van der Waals surface area contributed by atoms with Crippen LogP contribution in [0.1, 0.15) is 30.1 Å². The molecule has 2 aromatic rings. The van der Waals surface area contributed by atoms with Crippen LogP contribution in [0.3, 0.4) is 0 Å². The minimum atomic E-state index is 0.494. The summed E-state index contributed by atoms with van der Waals surface area (Å²) in [4.78, 5) is 7.13. The zero-order chi connectivity index (χ0) is 13.9. The van der Waals surface area contributed by atoms with Gasteiger partial charge in [-0.25, -0.2) is 9.50 Å². The van der Waals surface area contributed by atoms with Crippen molar-refractivity contribution >= 4 is 5.65 Å². The van der Waals surface area contributed by atoms with Crippen LogP contribution in [0.15, 0.2) is 18.3 Å². The van der Waals surface area contributed by atoms with Crippen LogP contribution in [0.2, 0.25) is 0 Å². The lowest BCUT2D eigenvalue weighted by atomic mass is 9.96. The van der Waals surface area contributed by atoms with Gasteiger partial charge >= 0.3 is 0 Å². The first-order valence-electron chi connectivity index (χ1n) is 7.30. The molecule has 0 saturated carbocycles. The lowest BCUT2D eigenvalue weighted by Gasteiger charge is -2.30. The second-order valence-corrected chi connectivity index (χ2v) is 5.59. The molecule has 0 aromatic carbocycles. The van der Waals surface area contributed by atoms with Crippen LogP contribution in [-0.2, 0) is 4.74 Å². The molecule has 2 aromatic heterocycles. The summed E-state index contributed by atoms with van der Waals surface area (Å²) in [6.45, 7) is 6.15. The Balaban J connectivity index is 1.67. The number of rotatable bonds is 4. The second kappa shape index (κ2) is 5.89. The van der Waals surface area contributed by atoms with Crippen LogP contribution in [0, 0.1) is 6.92 Å². The molecule has 1 saturated heterocycles. The number of likely N-dealkylation sites (tertiary alicyclic amines) is 1. The molecule has 20 heavy (non-hydrogen) atoms. The number of hydrogen-bond donors (Lipinski definition) is 0. The molecule has 5 nitrogen and oxygen atoms in total. The second-order valence-electron chi connectivity index (χ2n) is 5.59. The van der Waals surface area contributed by atoms with Crippen LogP contribution in [0.4, 0.5) is 0 Å². The van der Waals surface area contributed by atoms with Crippen molar-refractivity contribution in [3.05, 3.63) is 29.7 Å². The molecule has 5 heteroatoms. The van der Waals surface area contributed by atoms with Gasteiger partial charge in [0, 0.05) is 25.8 Å². The van der Waals surface area contributed by atoms with Gasteiger partial charge in [0.15, 0.2) is 11.5 Å². The molecule has 0 amide bonds. The Morgan fingerprint density at radius 1 is 1.30 bits per heavy atom. The van der Waals surface area contributed by atoms with Gasteiger partial charge < -0.3 is 9.64 Å². The van der Waals surface area contributed by atoms with E-state index in [1.807, 2.05) is 16.8 Å². The summed E-state index contributed by atoms with van der Waals surface area (Å²) in [6.07, 6.45) is 4.32. The van der Waals surface area contributed by atoms with Crippen molar-refractivity contribution in [3.63, 3.8) is 0 Å². The molecule has 0 unspecified atom stereocenters. The summed E-state index contributed by atoms with van der Waals surface area (Å²) in [5.41, 5.74) is 2.16. The van der Waals surface area contributed by atoms with E-state index in [4.69, 9.17) is 4.74 Å². The molecule has 0 bridgehead atoms. The molecule has 0 atom stereocenters. The standard InChI is InChI=1S/C15H22N4O/c1-12-3-4-14-16-15(17-19(14)11-12)13-5-7-18(8-6-13)9-10-20-2/h3-4,11,13H,5-10H2,1-2H3. The third-order valence-electron chi connectivity index (χ3n) is 4.06. The number of piperidine rings is 1. The largest absolute Gasteiger partial charge is 0.383 e. The number of aromatic nitrogens is 3. The Labute approximate surface area is 119 Å². The Morgan fingerprint density at radius 3 is 2.85 bits per heavy atom. The van der Waals surface area contributed by atoms with Crippen molar-refractivity contribution in [3.8, 4) is 0 Å². The van der Waals surface area contributed by atoms with Crippen LogP contribution in [0.5, 0.6) is 0 Å². The van der Waals surface area contributed by atoms with Crippen molar-refractivity contribution in [2.24, 2.45) is 0 Å². The highest BCUT2D eigenvalue weighted by Gasteiger charge is 2.23. The fraction of sp³-hybridized carbons (Fsp3) is 0.600. The van der Waals surface area contributed by atoms with Crippen molar-refractivity contribution in [2.45, 2.75) is 25.7 Å². The fourth-order valence-corrected chi connectivity index (χ4v) is 2.81. The van der Waals surface area contributed by atoms with E-state index >= 15 is 0 Å². The van der Waals surface area contributed by atoms with Crippen LogP contribution in [-0.4, -0.2) is 52.8 Å². The molecule has 108 valence electrons. The minimum absolute atomic E-state index is 0.494. The van der Waals surface area contributed by atoms with Crippen molar-refractivity contribution in [1.82, 2.24) is 19.5 Å². The normalized spacial score (nSPS) is 17.9. The average Bonchev–Trinajstić information content (AvgIpc) is 2.88. The van der Waals surface area contributed by atoms with Gasteiger partial charge in [0.2, 0.25) is 0 Å². The minimum Gasteiger partial charge on any atom is -0.383 e. The molecule has 1 aliphatic heterocycles. The van der Waals surface area contributed by atoms with E-state index in [-0.39, 0.29) is 0 Å². The zero-order valence-corrected chi connectivity index (χ0v) is 12.2. The maximum atomic E-state index is 5.14. The van der Waals surface area contributed by atoms with Gasteiger partial charge in [0.25, 0.3) is 0 Å². The maximum absolute atomic E-state index is 5.14. The summed E-state index contributed by atoms with van der Waals surface area (Å²) in [5.74, 6) is 1.50. The van der Waals surface area contributed by atoms with Gasteiger partial charge in [0.1, 0.15) is 0 Å². The van der Waals surface area contributed by atoms with Crippen molar-refractivity contribution in [2.75, 3.05) is 33.4 Å². The van der Waals surface area contributed by atoms with E-state index in [2.05, 4.69) is 28.0 Å². The van der Waals surface area contributed by atoms with Gasteiger partial charge in [-0.15, -0.1) is 0 Å². The van der Waals surface area contributed by atoms with Gasteiger partial charge in [-0.05, 0) is 44.5 Å². The van der Waals surface area contributed by atoms with E-state index in [1.54, 1.807) is 7.11 Å². The first-order valence-corrected chi connectivity index (χ1v) is 7.30. The lowest BCUT2D eigenvalue weighted by molar-refractivity contribution is 0.129. The summed E-state index contributed by atoms with van der Waals surface area (Å²) < 4.78 is 7.04. The fourth-order valence-electron chi connectivity index (χ4n) is 2.81. The molecule has 3 heterocycles. The van der Waals surface area contributed by atoms with E-state index < -0.39 is 0 Å². The van der Waals surface area contributed by atoms with Crippen LogP contribution < -0.4 is 0 Å². The molecule has 0 radical (unpaired) electrons. The molecule has 3 rings (SSSR count). The Morgan fingerprint density at radius 2 is 2.10 bits per heavy atom. The zero-order valence-electron chi connectivity index (χ0n) is 12.2.